The molecule has 1 aliphatic carbocycles. The van der Waals surface area contributed by atoms with Crippen LogP contribution in [0.3, 0.4) is 0 Å². The molecule has 1 atom stereocenters. The first-order valence-electron chi connectivity index (χ1n) is 4.77. The molecule has 1 saturated carbocycles. The SMILES string of the molecule is CC(N)C1CCC(C)(C)CC1.Cl. The maximum absolute atomic E-state index is 5.86. The Bertz CT molecular complexity index is 122. The standard InChI is InChI=1S/C10H21N.ClH/c1-8(11)9-4-6-10(2,3)7-5-9;/h8-9H,4-7,11H2,1-3H3;1H. The van der Waals surface area contributed by atoms with Crippen LogP contribution in [-0.4, -0.2) is 6.04 Å². The first kappa shape index (κ1) is 12.2. The fraction of sp³-hybridized carbons (Fsp3) is 1.00. The normalized spacial score (nSPS) is 26.0. The van der Waals surface area contributed by atoms with Gasteiger partial charge in [0.05, 0.1) is 0 Å². The summed E-state index contributed by atoms with van der Waals surface area (Å²) in [4.78, 5) is 0. The smallest absolute Gasteiger partial charge is 0.00387 e. The van der Waals surface area contributed by atoms with Gasteiger partial charge in [0.15, 0.2) is 0 Å². The minimum Gasteiger partial charge on any atom is -0.328 e. The van der Waals surface area contributed by atoms with Crippen LogP contribution in [0.5, 0.6) is 0 Å². The molecule has 0 amide bonds. The molecule has 0 aromatic carbocycles. The minimum atomic E-state index is 0. The van der Waals surface area contributed by atoms with Crippen molar-refractivity contribution < 1.29 is 0 Å². The Morgan fingerprint density at radius 3 is 2.00 bits per heavy atom. The molecule has 1 rings (SSSR count). The highest BCUT2D eigenvalue weighted by atomic mass is 35.5. The number of nitrogens with two attached hydrogens (primary N) is 1. The predicted octanol–water partition coefficient (Wildman–Crippen LogP) is 2.97. The molecule has 12 heavy (non-hydrogen) atoms. The quantitative estimate of drug-likeness (QED) is 0.678. The lowest BCUT2D eigenvalue weighted by Crippen LogP contribution is -2.32. The first-order valence-corrected chi connectivity index (χ1v) is 4.77. The summed E-state index contributed by atoms with van der Waals surface area (Å²) in [5.74, 6) is 0.794. The molecule has 0 saturated heterocycles. The van der Waals surface area contributed by atoms with Gasteiger partial charge < -0.3 is 5.73 Å². The second-order valence-electron chi connectivity index (χ2n) is 4.86. The van der Waals surface area contributed by atoms with E-state index in [1.807, 2.05) is 0 Å². The average molecular weight is 192 g/mol. The van der Waals surface area contributed by atoms with Crippen LogP contribution >= 0.6 is 12.4 Å². The fourth-order valence-corrected chi connectivity index (χ4v) is 1.95. The molecule has 74 valence electrons. The summed E-state index contributed by atoms with van der Waals surface area (Å²) in [5.41, 5.74) is 6.44. The molecular formula is C10H22ClN. The Morgan fingerprint density at radius 2 is 1.67 bits per heavy atom. The van der Waals surface area contributed by atoms with Crippen LogP contribution in [0, 0.1) is 11.3 Å². The Morgan fingerprint density at radius 1 is 1.25 bits per heavy atom. The van der Waals surface area contributed by atoms with Gasteiger partial charge in [-0.25, -0.2) is 0 Å². The molecule has 2 heteroatoms. The van der Waals surface area contributed by atoms with E-state index in [0.717, 1.165) is 5.92 Å². The lowest BCUT2D eigenvalue weighted by Gasteiger charge is -2.35. The molecule has 0 aromatic rings. The topological polar surface area (TPSA) is 26.0 Å². The lowest BCUT2D eigenvalue weighted by molar-refractivity contribution is 0.177. The zero-order chi connectivity index (χ0) is 8.48. The summed E-state index contributed by atoms with van der Waals surface area (Å²) in [5, 5.41) is 0. The van der Waals surface area contributed by atoms with Crippen LogP contribution in [0.25, 0.3) is 0 Å². The van der Waals surface area contributed by atoms with Crippen LogP contribution in [0.15, 0.2) is 0 Å². The van der Waals surface area contributed by atoms with Crippen molar-refractivity contribution >= 4 is 12.4 Å². The predicted molar refractivity (Wildman–Crippen MR) is 56.6 cm³/mol. The van der Waals surface area contributed by atoms with Gasteiger partial charge in [0.1, 0.15) is 0 Å². The van der Waals surface area contributed by atoms with Gasteiger partial charge >= 0.3 is 0 Å². The molecule has 1 nitrogen and oxygen atoms in total. The van der Waals surface area contributed by atoms with Gasteiger partial charge in [-0.3, -0.25) is 0 Å². The van der Waals surface area contributed by atoms with Crippen molar-refractivity contribution in [3.05, 3.63) is 0 Å². The summed E-state index contributed by atoms with van der Waals surface area (Å²) >= 11 is 0. The molecule has 0 radical (unpaired) electrons. The van der Waals surface area contributed by atoms with Gasteiger partial charge in [-0.15, -0.1) is 12.4 Å². The van der Waals surface area contributed by atoms with E-state index in [0.29, 0.717) is 11.5 Å². The molecule has 1 aliphatic rings. The van der Waals surface area contributed by atoms with E-state index in [-0.39, 0.29) is 12.4 Å². The second kappa shape index (κ2) is 4.48. The van der Waals surface area contributed by atoms with Gasteiger partial charge in [-0.2, -0.15) is 0 Å². The molecule has 0 heterocycles. The zero-order valence-corrected chi connectivity index (χ0v) is 9.29. The summed E-state index contributed by atoms with van der Waals surface area (Å²) in [7, 11) is 0. The molecule has 0 aliphatic heterocycles. The van der Waals surface area contributed by atoms with Crippen LogP contribution in [-0.2, 0) is 0 Å². The van der Waals surface area contributed by atoms with E-state index in [2.05, 4.69) is 20.8 Å². The molecule has 1 fully saturated rings. The van der Waals surface area contributed by atoms with E-state index < -0.39 is 0 Å². The molecule has 0 spiro atoms. The molecule has 1 unspecified atom stereocenters. The molecule has 0 bridgehead atoms. The Labute approximate surface area is 82.5 Å². The maximum Gasteiger partial charge on any atom is 0.00387 e. The van der Waals surface area contributed by atoms with Crippen molar-refractivity contribution in [3.63, 3.8) is 0 Å². The molecule has 2 N–H and O–H groups in total. The van der Waals surface area contributed by atoms with Crippen LogP contribution in [0.4, 0.5) is 0 Å². The van der Waals surface area contributed by atoms with E-state index in [1.54, 1.807) is 0 Å². The van der Waals surface area contributed by atoms with Crippen molar-refractivity contribution in [2.45, 2.75) is 52.5 Å². The highest BCUT2D eigenvalue weighted by molar-refractivity contribution is 5.85. The van der Waals surface area contributed by atoms with Crippen molar-refractivity contribution in [2.24, 2.45) is 17.1 Å². The van der Waals surface area contributed by atoms with Crippen LogP contribution in [0.1, 0.15) is 46.5 Å². The van der Waals surface area contributed by atoms with Crippen molar-refractivity contribution in [3.8, 4) is 0 Å². The average Bonchev–Trinajstić information content (AvgIpc) is 1.86. The third-order valence-corrected chi connectivity index (χ3v) is 3.13. The van der Waals surface area contributed by atoms with Gasteiger partial charge in [0, 0.05) is 6.04 Å². The second-order valence-corrected chi connectivity index (χ2v) is 4.86. The number of hydrogen-bond acceptors (Lipinski definition) is 1. The monoisotopic (exact) mass is 191 g/mol. The van der Waals surface area contributed by atoms with E-state index >= 15 is 0 Å². The molecule has 0 aromatic heterocycles. The summed E-state index contributed by atoms with van der Waals surface area (Å²) in [6.07, 6.45) is 5.40. The third kappa shape index (κ3) is 3.32. The van der Waals surface area contributed by atoms with E-state index in [4.69, 9.17) is 5.73 Å². The number of rotatable bonds is 1. The number of halogens is 1. The van der Waals surface area contributed by atoms with Crippen LogP contribution < -0.4 is 5.73 Å². The Balaban J connectivity index is 0.00000121. The highest BCUT2D eigenvalue weighted by Crippen LogP contribution is 2.38. The van der Waals surface area contributed by atoms with E-state index in [9.17, 15) is 0 Å². The van der Waals surface area contributed by atoms with Gasteiger partial charge in [-0.1, -0.05) is 13.8 Å². The number of hydrogen-bond donors (Lipinski definition) is 1. The van der Waals surface area contributed by atoms with Gasteiger partial charge in [0.2, 0.25) is 0 Å². The van der Waals surface area contributed by atoms with E-state index in [1.165, 1.54) is 25.7 Å². The maximum atomic E-state index is 5.86. The largest absolute Gasteiger partial charge is 0.328 e. The lowest BCUT2D eigenvalue weighted by atomic mass is 9.71. The fourth-order valence-electron chi connectivity index (χ4n) is 1.95. The summed E-state index contributed by atoms with van der Waals surface area (Å²) in [6, 6.07) is 0.408. The third-order valence-electron chi connectivity index (χ3n) is 3.13. The van der Waals surface area contributed by atoms with Gasteiger partial charge in [0.25, 0.3) is 0 Å². The first-order chi connectivity index (χ1) is 5.01. The van der Waals surface area contributed by atoms with Gasteiger partial charge in [-0.05, 0) is 43.9 Å². The zero-order valence-electron chi connectivity index (χ0n) is 8.47. The Kier molecular flexibility index (Phi) is 4.57. The summed E-state index contributed by atoms with van der Waals surface area (Å²) < 4.78 is 0. The van der Waals surface area contributed by atoms with Crippen molar-refractivity contribution in [2.75, 3.05) is 0 Å². The summed E-state index contributed by atoms with van der Waals surface area (Å²) in [6.45, 7) is 6.87. The Hall–Kier alpha value is 0.250. The van der Waals surface area contributed by atoms with Crippen molar-refractivity contribution in [1.82, 2.24) is 0 Å². The molecular weight excluding hydrogens is 170 g/mol. The van der Waals surface area contributed by atoms with Crippen LogP contribution in [0.2, 0.25) is 0 Å². The van der Waals surface area contributed by atoms with Crippen molar-refractivity contribution in [1.29, 1.82) is 0 Å². The minimum absolute atomic E-state index is 0. The highest BCUT2D eigenvalue weighted by Gasteiger charge is 2.28.